The van der Waals surface area contributed by atoms with E-state index in [1.54, 1.807) is 53.2 Å². The van der Waals surface area contributed by atoms with Crippen molar-refractivity contribution in [1.82, 2.24) is 14.7 Å². The highest BCUT2D eigenvalue weighted by Gasteiger charge is 2.16. The van der Waals surface area contributed by atoms with Crippen molar-refractivity contribution in [3.05, 3.63) is 77.2 Å². The smallest absolute Gasteiger partial charge is 0.274 e. The average molecular weight is 411 g/mol. The van der Waals surface area contributed by atoms with E-state index in [0.29, 0.717) is 27.8 Å². The molecular formula is C21H16ClFN4O2. The normalized spacial score (nSPS) is 10.9. The number of benzene rings is 2. The van der Waals surface area contributed by atoms with Crippen LogP contribution in [0.25, 0.3) is 23.0 Å². The van der Waals surface area contributed by atoms with Crippen molar-refractivity contribution >= 4 is 23.2 Å². The van der Waals surface area contributed by atoms with Crippen molar-refractivity contribution in [2.24, 2.45) is 0 Å². The van der Waals surface area contributed by atoms with Crippen LogP contribution in [0.1, 0.15) is 5.56 Å². The second kappa shape index (κ2) is 7.89. The fraction of sp³-hybridized carbons (Fsp3) is 0.0952. The molecule has 0 saturated heterocycles. The predicted molar refractivity (Wildman–Crippen MR) is 108 cm³/mol. The number of aromatic nitrogens is 3. The zero-order valence-electron chi connectivity index (χ0n) is 15.4. The number of nitrogens with zero attached hydrogens (tertiary/aromatic N) is 3. The Bertz CT molecular complexity index is 1170. The molecule has 8 heteroatoms. The van der Waals surface area contributed by atoms with Crippen LogP contribution in [0.5, 0.6) is 0 Å². The van der Waals surface area contributed by atoms with Crippen molar-refractivity contribution in [3.63, 3.8) is 0 Å². The van der Waals surface area contributed by atoms with E-state index in [0.717, 1.165) is 5.56 Å². The van der Waals surface area contributed by atoms with Gasteiger partial charge < -0.3 is 14.4 Å². The zero-order valence-corrected chi connectivity index (χ0v) is 16.2. The Kier molecular flexibility index (Phi) is 5.14. The van der Waals surface area contributed by atoms with Gasteiger partial charge in [-0.3, -0.25) is 4.79 Å². The second-order valence-corrected chi connectivity index (χ2v) is 6.82. The summed E-state index contributed by atoms with van der Waals surface area (Å²) < 4.78 is 20.1. The quantitative estimate of drug-likeness (QED) is 0.505. The molecule has 146 valence electrons. The van der Waals surface area contributed by atoms with E-state index >= 15 is 0 Å². The summed E-state index contributed by atoms with van der Waals surface area (Å²) >= 11 is 6.10. The largest absolute Gasteiger partial charge is 0.334 e. The molecule has 0 unspecified atom stereocenters. The number of hydrogen-bond donors (Lipinski definition) is 1. The molecule has 4 aromatic rings. The Labute approximate surface area is 170 Å². The minimum atomic E-state index is -0.340. The van der Waals surface area contributed by atoms with Crippen LogP contribution in [0, 0.1) is 12.7 Å². The van der Waals surface area contributed by atoms with E-state index in [-0.39, 0.29) is 24.2 Å². The number of hydrogen-bond acceptors (Lipinski definition) is 4. The molecule has 29 heavy (non-hydrogen) atoms. The van der Waals surface area contributed by atoms with Gasteiger partial charge in [-0.05, 0) is 61.0 Å². The molecule has 6 nitrogen and oxygen atoms in total. The lowest BCUT2D eigenvalue weighted by Gasteiger charge is -2.11. The molecule has 0 aliphatic rings. The highest BCUT2D eigenvalue weighted by Crippen LogP contribution is 2.25. The Morgan fingerprint density at radius 2 is 1.97 bits per heavy atom. The van der Waals surface area contributed by atoms with Gasteiger partial charge in [0.25, 0.3) is 5.89 Å². The predicted octanol–water partition coefficient (Wildman–Crippen LogP) is 4.94. The minimum Gasteiger partial charge on any atom is -0.334 e. The van der Waals surface area contributed by atoms with Crippen LogP contribution < -0.4 is 5.32 Å². The molecule has 0 spiro atoms. The number of amides is 1. The summed E-state index contributed by atoms with van der Waals surface area (Å²) in [5, 5.41) is 7.39. The van der Waals surface area contributed by atoms with Gasteiger partial charge in [0.05, 0.1) is 0 Å². The number of rotatable bonds is 5. The van der Waals surface area contributed by atoms with Gasteiger partial charge in [0.15, 0.2) is 0 Å². The maximum atomic E-state index is 13.1. The molecule has 0 fully saturated rings. The van der Waals surface area contributed by atoms with E-state index in [1.807, 2.05) is 6.92 Å². The summed E-state index contributed by atoms with van der Waals surface area (Å²) in [5.41, 5.74) is 2.70. The number of anilines is 1. The molecular weight excluding hydrogens is 395 g/mol. The van der Waals surface area contributed by atoms with Crippen molar-refractivity contribution in [1.29, 1.82) is 0 Å². The third-order valence-electron chi connectivity index (χ3n) is 4.43. The first kappa shape index (κ1) is 18.9. The fourth-order valence-electron chi connectivity index (χ4n) is 2.88. The highest BCUT2D eigenvalue weighted by molar-refractivity contribution is 6.31. The molecule has 0 radical (unpaired) electrons. The fourth-order valence-corrected chi connectivity index (χ4v) is 3.05. The standard InChI is InChI=1S/C21H16ClFN4O2/c1-13-16(22)4-2-5-17(13)24-19(28)12-27-11-3-6-18(27)21-25-20(26-29-21)14-7-9-15(23)10-8-14/h2-11H,12H2,1H3,(H,24,28). The Morgan fingerprint density at radius 3 is 2.76 bits per heavy atom. The first-order valence-electron chi connectivity index (χ1n) is 8.81. The van der Waals surface area contributed by atoms with Crippen molar-refractivity contribution in [3.8, 4) is 23.0 Å². The summed E-state index contributed by atoms with van der Waals surface area (Å²) in [7, 11) is 0. The third-order valence-corrected chi connectivity index (χ3v) is 4.84. The van der Waals surface area contributed by atoms with Gasteiger partial charge in [0, 0.05) is 22.5 Å². The maximum Gasteiger partial charge on any atom is 0.274 e. The molecule has 0 atom stereocenters. The van der Waals surface area contributed by atoms with Crippen molar-refractivity contribution in [2.75, 3.05) is 5.32 Å². The molecule has 1 N–H and O–H groups in total. The van der Waals surface area contributed by atoms with E-state index in [4.69, 9.17) is 16.1 Å². The Morgan fingerprint density at radius 1 is 1.17 bits per heavy atom. The Balaban J connectivity index is 1.52. The molecule has 2 aromatic carbocycles. The van der Waals surface area contributed by atoms with Crippen LogP contribution in [0.2, 0.25) is 5.02 Å². The number of carbonyl (C=O) groups is 1. The molecule has 2 aromatic heterocycles. The van der Waals surface area contributed by atoms with Gasteiger partial charge in [0.1, 0.15) is 18.1 Å². The van der Waals surface area contributed by atoms with Crippen LogP contribution in [0.4, 0.5) is 10.1 Å². The summed E-state index contributed by atoms with van der Waals surface area (Å²) in [6, 6.07) is 14.7. The van der Waals surface area contributed by atoms with Crippen LogP contribution >= 0.6 is 11.6 Å². The van der Waals surface area contributed by atoms with E-state index < -0.39 is 0 Å². The second-order valence-electron chi connectivity index (χ2n) is 6.41. The minimum absolute atomic E-state index is 0.0581. The third kappa shape index (κ3) is 4.05. The summed E-state index contributed by atoms with van der Waals surface area (Å²) in [6.07, 6.45) is 1.75. The van der Waals surface area contributed by atoms with Crippen LogP contribution in [0.3, 0.4) is 0 Å². The van der Waals surface area contributed by atoms with E-state index in [9.17, 15) is 9.18 Å². The van der Waals surface area contributed by atoms with Gasteiger partial charge in [-0.25, -0.2) is 4.39 Å². The lowest BCUT2D eigenvalue weighted by molar-refractivity contribution is -0.116. The monoisotopic (exact) mass is 410 g/mol. The average Bonchev–Trinajstić information content (AvgIpc) is 3.35. The van der Waals surface area contributed by atoms with Gasteiger partial charge in [-0.15, -0.1) is 0 Å². The molecule has 4 rings (SSSR count). The SMILES string of the molecule is Cc1c(Cl)cccc1NC(=O)Cn1cccc1-c1nc(-c2ccc(F)cc2)no1. The molecule has 0 bridgehead atoms. The van der Waals surface area contributed by atoms with Gasteiger partial charge >= 0.3 is 0 Å². The Hall–Kier alpha value is -3.45. The number of carbonyl (C=O) groups excluding carboxylic acids is 1. The van der Waals surface area contributed by atoms with Gasteiger partial charge in [-0.1, -0.05) is 22.8 Å². The van der Waals surface area contributed by atoms with E-state index in [1.165, 1.54) is 12.1 Å². The number of halogens is 2. The lowest BCUT2D eigenvalue weighted by atomic mass is 10.2. The van der Waals surface area contributed by atoms with E-state index in [2.05, 4.69) is 15.5 Å². The summed E-state index contributed by atoms with van der Waals surface area (Å²) in [6.45, 7) is 1.90. The number of nitrogens with one attached hydrogen (secondary N) is 1. The molecule has 1 amide bonds. The van der Waals surface area contributed by atoms with Crippen LogP contribution in [-0.2, 0) is 11.3 Å². The van der Waals surface area contributed by atoms with Crippen molar-refractivity contribution < 1.29 is 13.7 Å². The highest BCUT2D eigenvalue weighted by atomic mass is 35.5. The molecule has 0 aliphatic carbocycles. The van der Waals surface area contributed by atoms with Crippen LogP contribution in [-0.4, -0.2) is 20.6 Å². The molecule has 0 saturated carbocycles. The van der Waals surface area contributed by atoms with Crippen molar-refractivity contribution in [2.45, 2.75) is 13.5 Å². The first-order chi connectivity index (χ1) is 14.0. The van der Waals surface area contributed by atoms with Gasteiger partial charge in [0.2, 0.25) is 11.7 Å². The first-order valence-corrected chi connectivity index (χ1v) is 9.19. The molecule has 2 heterocycles. The lowest BCUT2D eigenvalue weighted by Crippen LogP contribution is -2.19. The zero-order chi connectivity index (χ0) is 20.4. The maximum absolute atomic E-state index is 13.1. The van der Waals surface area contributed by atoms with Crippen LogP contribution in [0.15, 0.2) is 65.3 Å². The topological polar surface area (TPSA) is 73.0 Å². The summed E-state index contributed by atoms with van der Waals surface area (Å²) in [4.78, 5) is 16.9. The summed E-state index contributed by atoms with van der Waals surface area (Å²) in [5.74, 6) is 0.0474. The van der Waals surface area contributed by atoms with Gasteiger partial charge in [-0.2, -0.15) is 4.98 Å². The molecule has 0 aliphatic heterocycles.